The number of halogens is 6. The Morgan fingerprint density at radius 2 is 0.983 bits per heavy atom. The predicted molar refractivity (Wildman–Crippen MR) is 220 cm³/mol. The minimum atomic E-state index is -4.55. The van der Waals surface area contributed by atoms with Crippen molar-refractivity contribution >= 4 is 34.6 Å². The highest BCUT2D eigenvalue weighted by Crippen LogP contribution is 2.36. The number of alkyl halides is 6. The third-order valence-electron chi connectivity index (χ3n) is 10.5. The monoisotopic (exact) mass is 835 g/mol. The van der Waals surface area contributed by atoms with Crippen molar-refractivity contribution in [2.24, 2.45) is 11.5 Å². The van der Waals surface area contributed by atoms with E-state index in [1.165, 1.54) is 24.3 Å². The summed E-state index contributed by atoms with van der Waals surface area (Å²) < 4.78 is 80.9. The van der Waals surface area contributed by atoms with Crippen molar-refractivity contribution in [2.45, 2.75) is 37.3 Å². The summed E-state index contributed by atoms with van der Waals surface area (Å²) in [7, 11) is 1.90. The number of anilines is 4. The number of carbonyl (C=O) groups excluding carboxylic acids is 2. The van der Waals surface area contributed by atoms with E-state index >= 15 is 0 Å². The van der Waals surface area contributed by atoms with Crippen molar-refractivity contribution in [3.05, 3.63) is 142 Å². The Bertz CT molecular complexity index is 2080. The highest BCUT2D eigenvalue weighted by Gasteiger charge is 2.37. The molecule has 2 atom stereocenters. The minimum Gasteiger partial charge on any atom is -0.399 e. The van der Waals surface area contributed by atoms with Crippen LogP contribution >= 0.6 is 0 Å². The molecular weight excluding hydrogens is 789 g/mol. The number of hydrogen-bond donors (Lipinski definition) is 6. The fourth-order valence-corrected chi connectivity index (χ4v) is 7.32. The van der Waals surface area contributed by atoms with Crippen molar-refractivity contribution in [3.8, 4) is 0 Å². The van der Waals surface area contributed by atoms with E-state index in [0.717, 1.165) is 24.3 Å². The quantitative estimate of drug-likeness (QED) is 0.0530. The van der Waals surface area contributed by atoms with E-state index in [-0.39, 0.29) is 47.4 Å². The summed E-state index contributed by atoms with van der Waals surface area (Å²) >= 11 is 0. The van der Waals surface area contributed by atoms with Gasteiger partial charge in [0, 0.05) is 47.2 Å². The SMILES string of the molecule is CN(CCCN1CC(Nc2cccc(C(F)(F)F)c2)=C([C@H](N)c2ccc(N)cc2)C1=O)CCCN1CC(Nc2cccc(C(F)(F)F)c2)=C([C@H](N)c2ccc(N)cc2)C1=O. The number of benzene rings is 4. The first-order valence-electron chi connectivity index (χ1n) is 19.2. The molecule has 0 aliphatic carbocycles. The normalized spacial score (nSPS) is 16.0. The third-order valence-corrected chi connectivity index (χ3v) is 10.5. The lowest BCUT2D eigenvalue weighted by atomic mass is 9.98. The van der Waals surface area contributed by atoms with Crippen LogP contribution in [0.3, 0.4) is 0 Å². The van der Waals surface area contributed by atoms with Gasteiger partial charge in [0.15, 0.2) is 0 Å². The van der Waals surface area contributed by atoms with Gasteiger partial charge in [-0.1, -0.05) is 36.4 Å². The molecule has 0 bridgehead atoms. The van der Waals surface area contributed by atoms with Gasteiger partial charge in [-0.05, 0) is 105 Å². The van der Waals surface area contributed by atoms with Crippen molar-refractivity contribution in [3.63, 3.8) is 0 Å². The van der Waals surface area contributed by atoms with E-state index in [2.05, 4.69) is 10.6 Å². The number of hydrogen-bond acceptors (Lipinski definition) is 9. The molecule has 2 amide bonds. The van der Waals surface area contributed by atoms with Gasteiger partial charge >= 0.3 is 12.4 Å². The molecule has 2 aliphatic rings. The first kappa shape index (κ1) is 43.5. The Hall–Kier alpha value is -6.04. The first-order chi connectivity index (χ1) is 28.4. The zero-order valence-electron chi connectivity index (χ0n) is 32.8. The van der Waals surface area contributed by atoms with Crippen molar-refractivity contribution < 1.29 is 35.9 Å². The highest BCUT2D eigenvalue weighted by atomic mass is 19.4. The molecule has 11 nitrogen and oxygen atoms in total. The summed E-state index contributed by atoms with van der Waals surface area (Å²) in [6.45, 7) is 2.03. The summed E-state index contributed by atoms with van der Waals surface area (Å²) in [6.07, 6.45) is -7.99. The topological polar surface area (TPSA) is 172 Å². The molecule has 10 N–H and O–H groups in total. The summed E-state index contributed by atoms with van der Waals surface area (Å²) in [4.78, 5) is 32.9. The maximum absolute atomic E-state index is 13.8. The van der Waals surface area contributed by atoms with Gasteiger partial charge < -0.3 is 48.3 Å². The average Bonchev–Trinajstić information content (AvgIpc) is 3.67. The lowest BCUT2D eigenvalue weighted by Crippen LogP contribution is -2.34. The second-order valence-corrected chi connectivity index (χ2v) is 14.9. The number of amides is 2. The van der Waals surface area contributed by atoms with Crippen molar-refractivity contribution in [1.82, 2.24) is 14.7 Å². The molecule has 4 aromatic rings. The van der Waals surface area contributed by atoms with Gasteiger partial charge in [0.2, 0.25) is 0 Å². The van der Waals surface area contributed by atoms with Crippen LogP contribution in [-0.4, -0.2) is 72.8 Å². The molecule has 4 aromatic carbocycles. The maximum atomic E-state index is 13.8. The van der Waals surface area contributed by atoms with Crippen LogP contribution in [0.2, 0.25) is 0 Å². The molecule has 6 rings (SSSR count). The zero-order valence-corrected chi connectivity index (χ0v) is 32.8. The van der Waals surface area contributed by atoms with Gasteiger partial charge in [-0.15, -0.1) is 0 Å². The molecule has 0 saturated carbocycles. The number of nitrogen functional groups attached to an aromatic ring is 2. The minimum absolute atomic E-state index is 0.110. The molecule has 0 fully saturated rings. The second-order valence-electron chi connectivity index (χ2n) is 14.9. The molecule has 2 heterocycles. The molecule has 0 spiro atoms. The summed E-state index contributed by atoms with van der Waals surface area (Å²) in [5.74, 6) is -0.668. The molecule has 2 aliphatic heterocycles. The number of rotatable bonds is 16. The maximum Gasteiger partial charge on any atom is 0.416 e. The lowest BCUT2D eigenvalue weighted by molar-refractivity contribution is -0.138. The molecule has 318 valence electrons. The number of carbonyl (C=O) groups is 2. The fourth-order valence-electron chi connectivity index (χ4n) is 7.32. The number of nitrogens with one attached hydrogen (secondary N) is 2. The van der Waals surface area contributed by atoms with Crippen LogP contribution in [-0.2, 0) is 21.9 Å². The number of nitrogens with zero attached hydrogens (tertiary/aromatic N) is 3. The molecule has 0 unspecified atom stereocenters. The molecule has 17 heteroatoms. The van der Waals surface area contributed by atoms with Crippen LogP contribution in [0.1, 0.15) is 47.2 Å². The van der Waals surface area contributed by atoms with Crippen LogP contribution in [0.25, 0.3) is 0 Å². The molecule has 60 heavy (non-hydrogen) atoms. The molecule has 0 saturated heterocycles. The average molecular weight is 836 g/mol. The fraction of sp³-hybridized carbons (Fsp3) is 0.302. The van der Waals surface area contributed by atoms with Gasteiger partial charge in [-0.25, -0.2) is 0 Å². The van der Waals surface area contributed by atoms with Crippen LogP contribution < -0.4 is 33.6 Å². The summed E-state index contributed by atoms with van der Waals surface area (Å²) in [5.41, 5.74) is 27.1. The summed E-state index contributed by atoms with van der Waals surface area (Å²) in [6, 6.07) is 21.2. The van der Waals surface area contributed by atoms with Crippen LogP contribution in [0, 0.1) is 0 Å². The van der Waals surface area contributed by atoms with Crippen molar-refractivity contribution in [2.75, 3.05) is 68.4 Å². The predicted octanol–water partition coefficient (Wildman–Crippen LogP) is 6.72. The van der Waals surface area contributed by atoms with Crippen LogP contribution in [0.15, 0.2) is 120 Å². The Morgan fingerprint density at radius 1 is 0.617 bits per heavy atom. The van der Waals surface area contributed by atoms with E-state index in [0.29, 0.717) is 72.9 Å². The smallest absolute Gasteiger partial charge is 0.399 e. The Labute approximate surface area is 343 Å². The van der Waals surface area contributed by atoms with Gasteiger partial charge in [0.1, 0.15) is 0 Å². The van der Waals surface area contributed by atoms with Gasteiger partial charge in [0.05, 0.1) is 47.4 Å². The Kier molecular flexibility index (Phi) is 13.1. The standard InChI is InChI=1S/C43H47F6N9O2/c1-56(18-4-20-57-24-34(54-32-8-2-6-28(22-32)42(44,45)46)36(40(57)59)38(52)26-10-14-30(50)15-11-26)19-5-21-58-25-35(55-33-9-3-7-29(23-33)43(47,48)49)37(41(58)60)39(53)27-12-16-31(51)17-13-27/h2-3,6-17,22-23,38-39,54-55H,4-5,18-21,24-25,50-53H2,1H3/t38-,39-/m1/s1. The van der Waals surface area contributed by atoms with E-state index in [4.69, 9.17) is 22.9 Å². The number of nitrogens with two attached hydrogens (primary N) is 4. The zero-order chi connectivity index (χ0) is 43.4. The Morgan fingerprint density at radius 3 is 1.33 bits per heavy atom. The first-order valence-corrected chi connectivity index (χ1v) is 19.2. The second kappa shape index (κ2) is 18.1. The van der Waals surface area contributed by atoms with E-state index in [1.807, 2.05) is 11.9 Å². The van der Waals surface area contributed by atoms with E-state index in [9.17, 15) is 35.9 Å². The van der Waals surface area contributed by atoms with Crippen LogP contribution in [0.5, 0.6) is 0 Å². The van der Waals surface area contributed by atoms with E-state index in [1.54, 1.807) is 58.3 Å². The third kappa shape index (κ3) is 10.4. The lowest BCUT2D eigenvalue weighted by Gasteiger charge is -2.23. The largest absolute Gasteiger partial charge is 0.416 e. The van der Waals surface area contributed by atoms with E-state index < -0.39 is 35.6 Å². The van der Waals surface area contributed by atoms with Gasteiger partial charge in [-0.2, -0.15) is 26.3 Å². The van der Waals surface area contributed by atoms with Gasteiger partial charge in [-0.3, -0.25) is 9.59 Å². The highest BCUT2D eigenvalue weighted by molar-refractivity contribution is 6.00. The Balaban J connectivity index is 1.07. The molecular formula is C43H47F6N9O2. The van der Waals surface area contributed by atoms with Crippen molar-refractivity contribution in [1.29, 1.82) is 0 Å². The summed E-state index contributed by atoms with van der Waals surface area (Å²) in [5, 5.41) is 6.07. The van der Waals surface area contributed by atoms with Crippen LogP contribution in [0.4, 0.5) is 49.1 Å². The molecule has 0 radical (unpaired) electrons. The molecule has 0 aromatic heterocycles. The van der Waals surface area contributed by atoms with Gasteiger partial charge in [0.25, 0.3) is 11.8 Å².